The van der Waals surface area contributed by atoms with Crippen molar-refractivity contribution in [3.05, 3.63) is 72.0 Å². The van der Waals surface area contributed by atoms with Gasteiger partial charge in [0.05, 0.1) is 7.11 Å². The van der Waals surface area contributed by atoms with Crippen LogP contribution in [0.25, 0.3) is 11.1 Å². The van der Waals surface area contributed by atoms with Crippen LogP contribution in [0.3, 0.4) is 0 Å². The van der Waals surface area contributed by atoms with Crippen LogP contribution in [0.5, 0.6) is 17.2 Å². The van der Waals surface area contributed by atoms with Gasteiger partial charge in [-0.1, -0.05) is 31.2 Å². The van der Waals surface area contributed by atoms with E-state index in [1.807, 2.05) is 62.4 Å². The van der Waals surface area contributed by atoms with Crippen LogP contribution in [0, 0.1) is 18.2 Å². The van der Waals surface area contributed by atoms with Crippen LogP contribution >= 0.6 is 0 Å². The van der Waals surface area contributed by atoms with Gasteiger partial charge < -0.3 is 19.5 Å². The van der Waals surface area contributed by atoms with Crippen molar-refractivity contribution in [2.24, 2.45) is 5.41 Å². The zero-order valence-corrected chi connectivity index (χ0v) is 19.1. The monoisotopic (exact) mass is 449 g/mol. The first kappa shape index (κ1) is 22.6. The van der Waals surface area contributed by atoms with E-state index in [1.165, 1.54) is 13.2 Å². The highest BCUT2D eigenvalue weighted by Crippen LogP contribution is 2.46. The maximum absolute atomic E-state index is 13.9. The standard InChI is InChI=1S/C19H20FNO2.C8H8O2/c1-12-4-6-14(21-18(22)19(2)8-9-19)11-15(12)13-5-7-17(23-3)16(20)10-13;1-2-4-8-7(3-1)9-5-6-10-8/h4-7,10-11H,8-9H2,1-3H3,(H,21,22);1-4H,5-6H2. The quantitative estimate of drug-likeness (QED) is 0.530. The number of fused-ring (bicyclic) bond motifs is 1. The van der Waals surface area contributed by atoms with Crippen LogP contribution < -0.4 is 19.5 Å². The third-order valence-electron chi connectivity index (χ3n) is 5.95. The molecule has 5 nitrogen and oxygen atoms in total. The lowest BCUT2D eigenvalue weighted by Crippen LogP contribution is -2.21. The number of ether oxygens (including phenoxy) is 3. The van der Waals surface area contributed by atoms with Crippen molar-refractivity contribution in [2.45, 2.75) is 26.7 Å². The second kappa shape index (κ2) is 9.53. The van der Waals surface area contributed by atoms with Gasteiger partial charge in [-0.25, -0.2) is 4.39 Å². The van der Waals surface area contributed by atoms with Crippen molar-refractivity contribution in [2.75, 3.05) is 25.6 Å². The summed E-state index contributed by atoms with van der Waals surface area (Å²) in [4.78, 5) is 12.2. The Morgan fingerprint density at radius 2 is 1.67 bits per heavy atom. The summed E-state index contributed by atoms with van der Waals surface area (Å²) in [6.45, 7) is 5.26. The Morgan fingerprint density at radius 3 is 2.24 bits per heavy atom. The molecular formula is C27H28FNO4. The molecule has 1 aliphatic carbocycles. The van der Waals surface area contributed by atoms with E-state index in [0.717, 1.165) is 46.7 Å². The van der Waals surface area contributed by atoms with Crippen LogP contribution in [0.4, 0.5) is 10.1 Å². The van der Waals surface area contributed by atoms with Gasteiger partial charge in [0.25, 0.3) is 0 Å². The smallest absolute Gasteiger partial charge is 0.230 e. The number of carbonyl (C=O) groups excluding carboxylic acids is 1. The van der Waals surface area contributed by atoms with Gasteiger partial charge in [-0.15, -0.1) is 0 Å². The first-order valence-electron chi connectivity index (χ1n) is 11.0. The Morgan fingerprint density at radius 1 is 1.00 bits per heavy atom. The molecule has 1 amide bonds. The molecule has 2 aliphatic rings. The van der Waals surface area contributed by atoms with Crippen molar-refractivity contribution in [1.29, 1.82) is 0 Å². The normalized spacial score (nSPS) is 15.0. The molecule has 0 radical (unpaired) electrons. The van der Waals surface area contributed by atoms with E-state index in [0.29, 0.717) is 13.2 Å². The molecule has 0 saturated heterocycles. The Labute approximate surface area is 193 Å². The van der Waals surface area contributed by atoms with Gasteiger partial charge in [0.1, 0.15) is 13.2 Å². The lowest BCUT2D eigenvalue weighted by Gasteiger charge is -2.17. The molecule has 172 valence electrons. The summed E-state index contributed by atoms with van der Waals surface area (Å²) < 4.78 is 29.5. The molecule has 5 rings (SSSR count). The number of hydrogen-bond acceptors (Lipinski definition) is 4. The average molecular weight is 450 g/mol. The first-order valence-corrected chi connectivity index (χ1v) is 11.0. The fraction of sp³-hybridized carbons (Fsp3) is 0.296. The van der Waals surface area contributed by atoms with Gasteiger partial charge in [-0.05, 0) is 72.9 Å². The molecule has 3 aromatic rings. The zero-order valence-electron chi connectivity index (χ0n) is 19.1. The van der Waals surface area contributed by atoms with Crippen LogP contribution in [0.1, 0.15) is 25.3 Å². The van der Waals surface area contributed by atoms with Crippen molar-refractivity contribution >= 4 is 11.6 Å². The van der Waals surface area contributed by atoms with E-state index in [2.05, 4.69) is 5.32 Å². The number of benzene rings is 3. The van der Waals surface area contributed by atoms with Crippen molar-refractivity contribution in [3.63, 3.8) is 0 Å². The summed E-state index contributed by atoms with van der Waals surface area (Å²) in [7, 11) is 1.44. The van der Waals surface area contributed by atoms with E-state index in [4.69, 9.17) is 14.2 Å². The third-order valence-corrected chi connectivity index (χ3v) is 5.95. The summed E-state index contributed by atoms with van der Waals surface area (Å²) in [5.41, 5.74) is 3.18. The van der Waals surface area contributed by atoms with Crippen LogP contribution in [0.2, 0.25) is 0 Å². The second-order valence-electron chi connectivity index (χ2n) is 8.54. The molecular weight excluding hydrogens is 421 g/mol. The lowest BCUT2D eigenvalue weighted by atomic mass is 9.99. The molecule has 33 heavy (non-hydrogen) atoms. The first-order chi connectivity index (χ1) is 15.9. The van der Waals surface area contributed by atoms with Crippen molar-refractivity contribution < 1.29 is 23.4 Å². The highest BCUT2D eigenvalue weighted by atomic mass is 19.1. The molecule has 3 aromatic carbocycles. The number of anilines is 1. The molecule has 1 heterocycles. The third kappa shape index (κ3) is 5.28. The number of para-hydroxylation sites is 2. The number of rotatable bonds is 4. The van der Waals surface area contributed by atoms with E-state index in [-0.39, 0.29) is 17.1 Å². The number of carbonyl (C=O) groups is 1. The fourth-order valence-electron chi connectivity index (χ4n) is 3.53. The van der Waals surface area contributed by atoms with Gasteiger partial charge in [-0.3, -0.25) is 4.79 Å². The van der Waals surface area contributed by atoms with E-state index in [9.17, 15) is 9.18 Å². The number of amides is 1. The van der Waals surface area contributed by atoms with Crippen molar-refractivity contribution in [1.82, 2.24) is 0 Å². The minimum atomic E-state index is -0.399. The molecule has 0 atom stereocenters. The summed E-state index contributed by atoms with van der Waals surface area (Å²) in [6.07, 6.45) is 1.86. The maximum Gasteiger partial charge on any atom is 0.230 e. The maximum atomic E-state index is 13.9. The topological polar surface area (TPSA) is 56.8 Å². The van der Waals surface area contributed by atoms with Crippen LogP contribution in [0.15, 0.2) is 60.7 Å². The highest BCUT2D eigenvalue weighted by Gasteiger charge is 2.44. The highest BCUT2D eigenvalue weighted by molar-refractivity contribution is 5.97. The number of methoxy groups -OCH3 is 1. The number of aryl methyl sites for hydroxylation is 1. The SMILES string of the molecule is COc1ccc(-c2cc(NC(=O)C3(C)CC3)ccc2C)cc1F.c1ccc2c(c1)OCCO2. The van der Waals surface area contributed by atoms with Gasteiger partial charge >= 0.3 is 0 Å². The molecule has 1 N–H and O–H groups in total. The summed E-state index contributed by atoms with van der Waals surface area (Å²) in [5.74, 6) is 1.58. The second-order valence-corrected chi connectivity index (χ2v) is 8.54. The fourth-order valence-corrected chi connectivity index (χ4v) is 3.53. The van der Waals surface area contributed by atoms with Crippen LogP contribution in [-0.4, -0.2) is 26.2 Å². The molecule has 1 fully saturated rings. The lowest BCUT2D eigenvalue weighted by molar-refractivity contribution is -0.120. The minimum absolute atomic E-state index is 0.0493. The van der Waals surface area contributed by atoms with Gasteiger partial charge in [0, 0.05) is 11.1 Å². The summed E-state index contributed by atoms with van der Waals surface area (Å²) >= 11 is 0. The molecule has 6 heteroatoms. The Balaban J connectivity index is 0.000000214. The molecule has 0 spiro atoms. The van der Waals surface area contributed by atoms with E-state index in [1.54, 1.807) is 6.07 Å². The van der Waals surface area contributed by atoms with E-state index < -0.39 is 5.82 Å². The average Bonchev–Trinajstić information content (AvgIpc) is 3.59. The molecule has 0 aromatic heterocycles. The Bertz CT molecular complexity index is 1130. The van der Waals surface area contributed by atoms with Gasteiger partial charge in [-0.2, -0.15) is 0 Å². The van der Waals surface area contributed by atoms with Crippen LogP contribution in [-0.2, 0) is 4.79 Å². The molecule has 0 bridgehead atoms. The molecule has 1 aliphatic heterocycles. The number of hydrogen-bond donors (Lipinski definition) is 1. The largest absolute Gasteiger partial charge is 0.494 e. The predicted octanol–water partition coefficient (Wildman–Crippen LogP) is 6.01. The van der Waals surface area contributed by atoms with E-state index >= 15 is 0 Å². The summed E-state index contributed by atoms with van der Waals surface area (Å²) in [5, 5.41) is 2.96. The molecule has 0 unspecified atom stereocenters. The number of halogens is 1. The van der Waals surface area contributed by atoms with Crippen molar-refractivity contribution in [3.8, 4) is 28.4 Å². The van der Waals surface area contributed by atoms with Gasteiger partial charge in [0.2, 0.25) is 5.91 Å². The Hall–Kier alpha value is -3.54. The predicted molar refractivity (Wildman–Crippen MR) is 127 cm³/mol. The molecule has 1 saturated carbocycles. The zero-order chi connectivity index (χ0) is 23.4. The Kier molecular flexibility index (Phi) is 6.54. The number of nitrogens with one attached hydrogen (secondary N) is 1. The minimum Gasteiger partial charge on any atom is -0.494 e. The summed E-state index contributed by atoms with van der Waals surface area (Å²) in [6, 6.07) is 18.3. The van der Waals surface area contributed by atoms with Gasteiger partial charge in [0.15, 0.2) is 23.1 Å².